The summed E-state index contributed by atoms with van der Waals surface area (Å²) < 4.78 is 1.90. The van der Waals surface area contributed by atoms with Gasteiger partial charge >= 0.3 is 5.97 Å². The molecule has 17 heavy (non-hydrogen) atoms. The molecule has 0 saturated heterocycles. The summed E-state index contributed by atoms with van der Waals surface area (Å²) in [7, 11) is 1.90. The van der Waals surface area contributed by atoms with E-state index in [1.54, 1.807) is 12.3 Å². The van der Waals surface area contributed by atoms with Crippen LogP contribution in [0.1, 0.15) is 27.3 Å². The average molecular weight is 230 g/mol. The molecule has 0 spiro atoms. The van der Waals surface area contributed by atoms with E-state index in [4.69, 9.17) is 5.11 Å². The molecule has 0 fully saturated rings. The van der Waals surface area contributed by atoms with Gasteiger partial charge in [-0.3, -0.25) is 0 Å². The van der Waals surface area contributed by atoms with Crippen molar-refractivity contribution in [3.8, 4) is 0 Å². The van der Waals surface area contributed by atoms with Crippen LogP contribution in [0, 0.1) is 6.92 Å². The molecule has 0 radical (unpaired) electrons. The number of aromatic carboxylic acids is 1. The van der Waals surface area contributed by atoms with Crippen LogP contribution in [0.5, 0.6) is 0 Å². The third-order valence-electron chi connectivity index (χ3n) is 2.76. The highest BCUT2D eigenvalue weighted by atomic mass is 16.4. The molecule has 1 aromatic carbocycles. The fourth-order valence-corrected chi connectivity index (χ4v) is 1.81. The zero-order chi connectivity index (χ0) is 12.4. The van der Waals surface area contributed by atoms with Gasteiger partial charge in [0.1, 0.15) is 5.82 Å². The van der Waals surface area contributed by atoms with Gasteiger partial charge in [0.25, 0.3) is 0 Å². The van der Waals surface area contributed by atoms with Crippen molar-refractivity contribution in [1.29, 1.82) is 0 Å². The molecule has 1 heterocycles. The normalized spacial score (nSPS) is 10.5. The molecule has 0 aliphatic rings. The molecule has 4 nitrogen and oxygen atoms in total. The van der Waals surface area contributed by atoms with Crippen molar-refractivity contribution in [2.75, 3.05) is 0 Å². The van der Waals surface area contributed by atoms with E-state index >= 15 is 0 Å². The monoisotopic (exact) mass is 230 g/mol. The average Bonchev–Trinajstić information content (AvgIpc) is 2.64. The molecular formula is C13H14N2O2. The Morgan fingerprint density at radius 1 is 1.47 bits per heavy atom. The zero-order valence-electron chi connectivity index (χ0n) is 9.84. The maximum atomic E-state index is 11.1. The van der Waals surface area contributed by atoms with Crippen LogP contribution in [-0.2, 0) is 13.5 Å². The van der Waals surface area contributed by atoms with Crippen molar-refractivity contribution in [3.05, 3.63) is 53.1 Å². The standard InChI is InChI=1S/C13H14N2O2/c1-9-3-4-11(13(16)17)10(7-9)8-12-14-5-6-15(12)2/h3-7H,8H2,1-2H3,(H,16,17). The van der Waals surface area contributed by atoms with Gasteiger partial charge in [-0.2, -0.15) is 0 Å². The van der Waals surface area contributed by atoms with Crippen LogP contribution in [0.25, 0.3) is 0 Å². The first kappa shape index (κ1) is 11.4. The predicted molar refractivity (Wildman–Crippen MR) is 64.2 cm³/mol. The van der Waals surface area contributed by atoms with Gasteiger partial charge in [-0.25, -0.2) is 9.78 Å². The maximum absolute atomic E-state index is 11.1. The second kappa shape index (κ2) is 4.41. The van der Waals surface area contributed by atoms with Gasteiger partial charge in [0.05, 0.1) is 5.56 Å². The Hall–Kier alpha value is -2.10. The third kappa shape index (κ3) is 2.36. The van der Waals surface area contributed by atoms with Crippen molar-refractivity contribution in [2.45, 2.75) is 13.3 Å². The minimum Gasteiger partial charge on any atom is -0.478 e. The molecule has 0 amide bonds. The second-order valence-electron chi connectivity index (χ2n) is 4.10. The molecule has 1 aromatic heterocycles. The largest absolute Gasteiger partial charge is 0.478 e. The quantitative estimate of drug-likeness (QED) is 0.877. The Morgan fingerprint density at radius 2 is 2.24 bits per heavy atom. The number of benzene rings is 1. The number of imidazole rings is 1. The van der Waals surface area contributed by atoms with Crippen LogP contribution in [0.15, 0.2) is 30.6 Å². The van der Waals surface area contributed by atoms with Crippen LogP contribution >= 0.6 is 0 Å². The lowest BCUT2D eigenvalue weighted by atomic mass is 10.0. The zero-order valence-corrected chi connectivity index (χ0v) is 9.84. The molecule has 1 N–H and O–H groups in total. The number of aryl methyl sites for hydroxylation is 2. The molecule has 0 saturated carbocycles. The van der Waals surface area contributed by atoms with Crippen LogP contribution in [-0.4, -0.2) is 20.6 Å². The SMILES string of the molecule is Cc1ccc(C(=O)O)c(Cc2nccn2C)c1. The van der Waals surface area contributed by atoms with E-state index in [-0.39, 0.29) is 0 Å². The first-order chi connectivity index (χ1) is 8.08. The maximum Gasteiger partial charge on any atom is 0.335 e. The molecule has 2 aromatic rings. The Kier molecular flexibility index (Phi) is 2.95. The van der Waals surface area contributed by atoms with Crippen LogP contribution in [0.3, 0.4) is 0 Å². The molecular weight excluding hydrogens is 216 g/mol. The van der Waals surface area contributed by atoms with E-state index in [1.165, 1.54) is 0 Å². The number of hydrogen-bond donors (Lipinski definition) is 1. The third-order valence-corrected chi connectivity index (χ3v) is 2.76. The lowest BCUT2D eigenvalue weighted by Gasteiger charge is -2.07. The summed E-state index contributed by atoms with van der Waals surface area (Å²) in [6.07, 6.45) is 4.10. The Labute approximate surface area is 99.5 Å². The van der Waals surface area contributed by atoms with Gasteiger partial charge in [0.15, 0.2) is 0 Å². The summed E-state index contributed by atoms with van der Waals surface area (Å²) in [5, 5.41) is 9.13. The first-order valence-corrected chi connectivity index (χ1v) is 5.37. The summed E-state index contributed by atoms with van der Waals surface area (Å²) in [6, 6.07) is 5.36. The van der Waals surface area contributed by atoms with E-state index in [9.17, 15) is 4.79 Å². The van der Waals surface area contributed by atoms with E-state index in [2.05, 4.69) is 4.98 Å². The lowest BCUT2D eigenvalue weighted by molar-refractivity contribution is 0.0696. The fourth-order valence-electron chi connectivity index (χ4n) is 1.81. The molecule has 0 aliphatic carbocycles. The smallest absolute Gasteiger partial charge is 0.335 e. The van der Waals surface area contributed by atoms with Gasteiger partial charge in [0.2, 0.25) is 0 Å². The van der Waals surface area contributed by atoms with Gasteiger partial charge in [-0.15, -0.1) is 0 Å². The Morgan fingerprint density at radius 3 is 2.82 bits per heavy atom. The van der Waals surface area contributed by atoms with Crippen LogP contribution < -0.4 is 0 Å². The number of rotatable bonds is 3. The number of carbonyl (C=O) groups is 1. The van der Waals surface area contributed by atoms with Crippen molar-refractivity contribution in [1.82, 2.24) is 9.55 Å². The molecule has 0 aliphatic heterocycles. The highest BCUT2D eigenvalue weighted by Gasteiger charge is 2.12. The van der Waals surface area contributed by atoms with E-state index < -0.39 is 5.97 Å². The summed E-state index contributed by atoms with van der Waals surface area (Å²) in [5.41, 5.74) is 2.20. The molecule has 88 valence electrons. The minimum absolute atomic E-state index is 0.346. The minimum atomic E-state index is -0.894. The van der Waals surface area contributed by atoms with Crippen molar-refractivity contribution in [3.63, 3.8) is 0 Å². The first-order valence-electron chi connectivity index (χ1n) is 5.37. The van der Waals surface area contributed by atoms with E-state index in [0.717, 1.165) is 17.0 Å². The summed E-state index contributed by atoms with van der Waals surface area (Å²) in [4.78, 5) is 15.3. The number of hydrogen-bond acceptors (Lipinski definition) is 2. The number of carboxylic acids is 1. The topological polar surface area (TPSA) is 55.1 Å². The summed E-state index contributed by atoms with van der Waals surface area (Å²) in [6.45, 7) is 1.95. The highest BCUT2D eigenvalue weighted by molar-refractivity contribution is 5.89. The molecule has 0 atom stereocenters. The van der Waals surface area contributed by atoms with Gasteiger partial charge < -0.3 is 9.67 Å². The van der Waals surface area contributed by atoms with Crippen LogP contribution in [0.2, 0.25) is 0 Å². The van der Waals surface area contributed by atoms with Crippen LogP contribution in [0.4, 0.5) is 0 Å². The molecule has 0 bridgehead atoms. The second-order valence-corrected chi connectivity index (χ2v) is 4.10. The van der Waals surface area contributed by atoms with Gasteiger partial charge in [0, 0.05) is 25.9 Å². The Balaban J connectivity index is 2.41. The number of aromatic nitrogens is 2. The van der Waals surface area contributed by atoms with Gasteiger partial charge in [-0.05, 0) is 18.6 Å². The van der Waals surface area contributed by atoms with Gasteiger partial charge in [-0.1, -0.05) is 17.7 Å². The fraction of sp³-hybridized carbons (Fsp3) is 0.231. The number of nitrogens with zero attached hydrogens (tertiary/aromatic N) is 2. The molecule has 4 heteroatoms. The number of carboxylic acid groups (broad SMARTS) is 1. The molecule has 2 rings (SSSR count). The Bertz CT molecular complexity index is 558. The lowest BCUT2D eigenvalue weighted by Crippen LogP contribution is -2.06. The summed E-state index contributed by atoms with van der Waals surface area (Å²) in [5.74, 6) is -0.0349. The van der Waals surface area contributed by atoms with Crippen molar-refractivity contribution < 1.29 is 9.90 Å². The van der Waals surface area contributed by atoms with E-state index in [1.807, 2.05) is 36.9 Å². The van der Waals surface area contributed by atoms with E-state index in [0.29, 0.717) is 12.0 Å². The highest BCUT2D eigenvalue weighted by Crippen LogP contribution is 2.15. The molecule has 0 unspecified atom stereocenters. The van der Waals surface area contributed by atoms with Crippen molar-refractivity contribution >= 4 is 5.97 Å². The van der Waals surface area contributed by atoms with Crippen molar-refractivity contribution in [2.24, 2.45) is 7.05 Å². The summed E-state index contributed by atoms with van der Waals surface area (Å²) >= 11 is 0. The predicted octanol–water partition coefficient (Wildman–Crippen LogP) is 2.02.